The molecule has 0 amide bonds. The molecule has 19 heavy (non-hydrogen) atoms. The molecule has 0 aromatic heterocycles. The number of nitrogens with zero attached hydrogens (tertiary/aromatic N) is 2. The Balaban J connectivity index is 2.67. The summed E-state index contributed by atoms with van der Waals surface area (Å²) >= 11 is 3.51. The van der Waals surface area contributed by atoms with E-state index in [0.717, 1.165) is 29.7 Å². The Labute approximate surface area is 123 Å². The number of hydrogen-bond donors (Lipinski definition) is 0. The predicted molar refractivity (Wildman–Crippen MR) is 80.4 cm³/mol. The van der Waals surface area contributed by atoms with Crippen molar-refractivity contribution < 1.29 is 9.53 Å². The highest BCUT2D eigenvalue weighted by atomic mass is 79.9. The van der Waals surface area contributed by atoms with Gasteiger partial charge in [-0.1, -0.05) is 22.0 Å². The molecule has 4 nitrogen and oxygen atoms in total. The molecule has 1 rings (SSSR count). The number of halogens is 1. The number of carbonyl (C=O) groups excluding carboxylic acids is 1. The van der Waals surface area contributed by atoms with E-state index in [1.54, 1.807) is 12.1 Å². The molecule has 0 fully saturated rings. The summed E-state index contributed by atoms with van der Waals surface area (Å²) in [6.07, 6.45) is 0. The van der Waals surface area contributed by atoms with Crippen LogP contribution in [0.15, 0.2) is 22.7 Å². The van der Waals surface area contributed by atoms with Crippen LogP contribution in [0.2, 0.25) is 0 Å². The molecule has 0 atom stereocenters. The van der Waals surface area contributed by atoms with Crippen molar-refractivity contribution in [2.75, 3.05) is 41.3 Å². The van der Waals surface area contributed by atoms with Gasteiger partial charge < -0.3 is 14.5 Å². The van der Waals surface area contributed by atoms with Crippen molar-refractivity contribution in [3.8, 4) is 0 Å². The van der Waals surface area contributed by atoms with Crippen LogP contribution in [0.3, 0.4) is 0 Å². The van der Waals surface area contributed by atoms with Crippen LogP contribution in [-0.4, -0.2) is 57.1 Å². The summed E-state index contributed by atoms with van der Waals surface area (Å²) in [6.45, 7) is 2.86. The fraction of sp³-hybridized carbons (Fsp3) is 0.500. The van der Waals surface area contributed by atoms with Crippen LogP contribution in [0.5, 0.6) is 0 Å². The smallest absolute Gasteiger partial charge is 0.337 e. The average Bonchev–Trinajstić information content (AvgIpc) is 2.37. The zero-order valence-electron chi connectivity index (χ0n) is 11.9. The largest absolute Gasteiger partial charge is 0.465 e. The summed E-state index contributed by atoms with van der Waals surface area (Å²) < 4.78 is 5.64. The van der Waals surface area contributed by atoms with Gasteiger partial charge in [0.2, 0.25) is 0 Å². The fourth-order valence-electron chi connectivity index (χ4n) is 1.66. The van der Waals surface area contributed by atoms with Gasteiger partial charge in [-0.2, -0.15) is 0 Å². The van der Waals surface area contributed by atoms with Gasteiger partial charge in [0.15, 0.2) is 0 Å². The van der Waals surface area contributed by atoms with Crippen molar-refractivity contribution in [2.45, 2.75) is 6.54 Å². The number of likely N-dealkylation sites (N-methyl/N-ethyl adjacent to an activating group) is 2. The lowest BCUT2D eigenvalue weighted by atomic mass is 10.1. The highest BCUT2D eigenvalue weighted by molar-refractivity contribution is 9.10. The van der Waals surface area contributed by atoms with Gasteiger partial charge in [-0.05, 0) is 38.8 Å². The van der Waals surface area contributed by atoms with E-state index in [9.17, 15) is 4.79 Å². The Hall–Kier alpha value is -0.910. The predicted octanol–water partition coefficient (Wildman–Crippen LogP) is 2.23. The zero-order valence-corrected chi connectivity index (χ0v) is 13.5. The van der Waals surface area contributed by atoms with Crippen LogP contribution in [0.4, 0.5) is 0 Å². The minimum atomic E-state index is -0.312. The first-order chi connectivity index (χ1) is 8.93. The summed E-state index contributed by atoms with van der Waals surface area (Å²) in [5, 5.41) is 0. The summed E-state index contributed by atoms with van der Waals surface area (Å²) in [6, 6.07) is 5.56. The molecular formula is C14H21BrN2O2. The number of ether oxygens (including phenoxy) is 1. The van der Waals surface area contributed by atoms with E-state index in [4.69, 9.17) is 4.74 Å². The van der Waals surface area contributed by atoms with Gasteiger partial charge in [0, 0.05) is 24.1 Å². The lowest BCUT2D eigenvalue weighted by Crippen LogP contribution is -2.28. The van der Waals surface area contributed by atoms with E-state index in [-0.39, 0.29) is 5.97 Å². The van der Waals surface area contributed by atoms with Crippen LogP contribution in [0.1, 0.15) is 15.9 Å². The summed E-state index contributed by atoms with van der Waals surface area (Å²) in [5.41, 5.74) is 1.72. The lowest BCUT2D eigenvalue weighted by molar-refractivity contribution is 0.0600. The molecule has 0 N–H and O–H groups in total. The van der Waals surface area contributed by atoms with E-state index in [1.165, 1.54) is 7.11 Å². The maximum atomic E-state index is 11.4. The fourth-order valence-corrected chi connectivity index (χ4v) is 2.17. The minimum Gasteiger partial charge on any atom is -0.465 e. The van der Waals surface area contributed by atoms with Crippen molar-refractivity contribution in [3.63, 3.8) is 0 Å². The van der Waals surface area contributed by atoms with Crippen LogP contribution < -0.4 is 0 Å². The Morgan fingerprint density at radius 1 is 1.26 bits per heavy atom. The highest BCUT2D eigenvalue weighted by Gasteiger charge is 2.10. The van der Waals surface area contributed by atoms with E-state index in [0.29, 0.717) is 5.56 Å². The quantitative estimate of drug-likeness (QED) is 0.750. The van der Waals surface area contributed by atoms with E-state index in [2.05, 4.69) is 46.9 Å². The molecule has 0 aliphatic heterocycles. The normalized spacial score (nSPS) is 11.1. The Bertz CT molecular complexity index is 435. The molecule has 106 valence electrons. The van der Waals surface area contributed by atoms with Crippen LogP contribution >= 0.6 is 15.9 Å². The standard InChI is InChI=1S/C14H21BrN2O2/c1-16(2)7-8-17(3)10-12-6-5-11(9-13(12)15)14(18)19-4/h5-6,9H,7-8,10H2,1-4H3. The molecular weight excluding hydrogens is 308 g/mol. The van der Waals surface area contributed by atoms with Gasteiger partial charge in [0.05, 0.1) is 12.7 Å². The molecule has 0 aliphatic rings. The maximum absolute atomic E-state index is 11.4. The number of benzene rings is 1. The van der Waals surface area contributed by atoms with E-state index >= 15 is 0 Å². The summed E-state index contributed by atoms with van der Waals surface area (Å²) in [4.78, 5) is 15.8. The van der Waals surface area contributed by atoms with Gasteiger partial charge in [0.25, 0.3) is 0 Å². The monoisotopic (exact) mass is 328 g/mol. The molecule has 1 aromatic carbocycles. The molecule has 0 spiro atoms. The Morgan fingerprint density at radius 3 is 2.47 bits per heavy atom. The molecule has 0 saturated heterocycles. The third-order valence-corrected chi connectivity index (χ3v) is 3.58. The van der Waals surface area contributed by atoms with Gasteiger partial charge >= 0.3 is 5.97 Å². The first-order valence-corrected chi connectivity index (χ1v) is 6.93. The molecule has 0 bridgehead atoms. The van der Waals surface area contributed by atoms with Gasteiger partial charge in [-0.15, -0.1) is 0 Å². The second kappa shape index (κ2) is 7.62. The molecule has 0 radical (unpaired) electrons. The Morgan fingerprint density at radius 2 is 1.95 bits per heavy atom. The van der Waals surface area contributed by atoms with Crippen molar-refractivity contribution in [1.29, 1.82) is 0 Å². The minimum absolute atomic E-state index is 0.312. The van der Waals surface area contributed by atoms with Crippen LogP contribution in [-0.2, 0) is 11.3 Å². The third-order valence-electron chi connectivity index (χ3n) is 2.84. The topological polar surface area (TPSA) is 32.8 Å². The Kier molecular flexibility index (Phi) is 6.48. The number of carbonyl (C=O) groups is 1. The van der Waals surface area contributed by atoms with Crippen molar-refractivity contribution in [3.05, 3.63) is 33.8 Å². The van der Waals surface area contributed by atoms with Crippen LogP contribution in [0.25, 0.3) is 0 Å². The molecule has 0 aliphatic carbocycles. The van der Waals surface area contributed by atoms with Gasteiger partial charge in [-0.3, -0.25) is 0 Å². The summed E-state index contributed by atoms with van der Waals surface area (Å²) in [7, 11) is 7.60. The number of rotatable bonds is 6. The third kappa shape index (κ3) is 5.30. The molecule has 0 saturated carbocycles. The molecule has 0 heterocycles. The first-order valence-electron chi connectivity index (χ1n) is 6.14. The summed E-state index contributed by atoms with van der Waals surface area (Å²) in [5.74, 6) is -0.312. The first kappa shape index (κ1) is 16.1. The van der Waals surface area contributed by atoms with Crippen molar-refractivity contribution in [1.82, 2.24) is 9.80 Å². The SMILES string of the molecule is COC(=O)c1ccc(CN(C)CCN(C)C)c(Br)c1. The highest BCUT2D eigenvalue weighted by Crippen LogP contribution is 2.20. The van der Waals surface area contributed by atoms with Gasteiger partial charge in [-0.25, -0.2) is 4.79 Å². The van der Waals surface area contributed by atoms with Gasteiger partial charge in [0.1, 0.15) is 0 Å². The number of methoxy groups -OCH3 is 1. The molecule has 5 heteroatoms. The average molecular weight is 329 g/mol. The molecule has 1 aromatic rings. The van der Waals surface area contributed by atoms with Crippen molar-refractivity contribution >= 4 is 21.9 Å². The number of hydrogen-bond acceptors (Lipinski definition) is 4. The number of esters is 1. The zero-order chi connectivity index (χ0) is 14.4. The second-order valence-corrected chi connectivity index (χ2v) is 5.69. The molecule has 0 unspecified atom stereocenters. The van der Waals surface area contributed by atoms with E-state index < -0.39 is 0 Å². The maximum Gasteiger partial charge on any atom is 0.337 e. The lowest BCUT2D eigenvalue weighted by Gasteiger charge is -2.20. The van der Waals surface area contributed by atoms with Crippen LogP contribution in [0, 0.1) is 0 Å². The van der Waals surface area contributed by atoms with E-state index in [1.807, 2.05) is 6.07 Å². The van der Waals surface area contributed by atoms with Crippen molar-refractivity contribution in [2.24, 2.45) is 0 Å². The second-order valence-electron chi connectivity index (χ2n) is 4.84.